The molecule has 12 heavy (non-hydrogen) atoms. The van der Waals surface area contributed by atoms with Crippen LogP contribution in [-0.2, 0) is 0 Å². The molecule has 1 nitrogen and oxygen atoms in total. The van der Waals surface area contributed by atoms with Gasteiger partial charge in [0.15, 0.2) is 0 Å². The molecule has 1 heteroatoms. The summed E-state index contributed by atoms with van der Waals surface area (Å²) in [6, 6.07) is 0. The summed E-state index contributed by atoms with van der Waals surface area (Å²) < 4.78 is 0. The molecule has 0 aliphatic heterocycles. The largest absolute Gasteiger partial charge is 0.396 e. The lowest BCUT2D eigenvalue weighted by molar-refractivity contribution is 0.230. The van der Waals surface area contributed by atoms with Crippen LogP contribution >= 0.6 is 0 Å². The molecule has 0 aromatic carbocycles. The topological polar surface area (TPSA) is 20.2 Å². The highest BCUT2D eigenvalue weighted by Gasteiger charge is 2.02. The molecule has 0 saturated heterocycles. The van der Waals surface area contributed by atoms with Gasteiger partial charge in [-0.05, 0) is 18.3 Å². The van der Waals surface area contributed by atoms with E-state index >= 15 is 0 Å². The van der Waals surface area contributed by atoms with E-state index in [0.29, 0.717) is 12.3 Å². The second-order valence-corrected chi connectivity index (χ2v) is 3.36. The first-order chi connectivity index (χ1) is 5.70. The number of terminal acetylenes is 1. The summed E-state index contributed by atoms with van der Waals surface area (Å²) in [5.41, 5.74) is 0. The first kappa shape index (κ1) is 11.3. The van der Waals surface area contributed by atoms with E-state index in [4.69, 9.17) is 11.5 Å². The molecule has 1 atom stereocenters. The summed E-state index contributed by atoms with van der Waals surface area (Å²) in [7, 11) is 0. The average molecular weight is 166 g/mol. The van der Waals surface area contributed by atoms with Crippen LogP contribution in [0.1, 0.15) is 26.7 Å². The van der Waals surface area contributed by atoms with Gasteiger partial charge in [-0.2, -0.15) is 0 Å². The Bertz CT molecular complexity index is 162. The molecule has 1 N–H and O–H groups in total. The Morgan fingerprint density at radius 3 is 2.58 bits per heavy atom. The highest BCUT2D eigenvalue weighted by molar-refractivity contribution is 4.92. The van der Waals surface area contributed by atoms with Crippen LogP contribution in [0.5, 0.6) is 0 Å². The summed E-state index contributed by atoms with van der Waals surface area (Å²) in [6.45, 7) is 4.45. The maximum absolute atomic E-state index is 8.89. The van der Waals surface area contributed by atoms with Crippen LogP contribution in [0, 0.1) is 24.2 Å². The zero-order valence-electron chi connectivity index (χ0n) is 7.96. The summed E-state index contributed by atoms with van der Waals surface area (Å²) in [4.78, 5) is 0. The number of rotatable bonds is 5. The van der Waals surface area contributed by atoms with Gasteiger partial charge in [0.25, 0.3) is 0 Å². The summed E-state index contributed by atoms with van der Waals surface area (Å²) in [5, 5.41) is 8.89. The second-order valence-electron chi connectivity index (χ2n) is 3.36. The fraction of sp³-hybridized carbons (Fsp3) is 0.636. The molecule has 0 aliphatic rings. The third-order valence-corrected chi connectivity index (χ3v) is 1.66. The third-order valence-electron chi connectivity index (χ3n) is 1.66. The molecule has 0 saturated carbocycles. The summed E-state index contributed by atoms with van der Waals surface area (Å²) in [6.07, 6.45) is 10.9. The van der Waals surface area contributed by atoms with Gasteiger partial charge >= 0.3 is 0 Å². The first-order valence-corrected chi connectivity index (χ1v) is 4.41. The zero-order valence-corrected chi connectivity index (χ0v) is 7.96. The van der Waals surface area contributed by atoms with E-state index in [0.717, 1.165) is 6.42 Å². The summed E-state index contributed by atoms with van der Waals surface area (Å²) in [5.74, 6) is 3.38. The minimum absolute atomic E-state index is 0.187. The van der Waals surface area contributed by atoms with E-state index in [2.05, 4.69) is 31.9 Å². The Hall–Kier alpha value is -0.740. The third kappa shape index (κ3) is 6.00. The Kier molecular flexibility index (Phi) is 6.51. The van der Waals surface area contributed by atoms with Crippen molar-refractivity contribution in [2.24, 2.45) is 11.8 Å². The number of aliphatic hydroxyl groups is 1. The van der Waals surface area contributed by atoms with Gasteiger partial charge in [-0.25, -0.2) is 0 Å². The number of aliphatic hydroxyl groups excluding tert-OH is 1. The molecule has 0 aromatic heterocycles. The van der Waals surface area contributed by atoms with Crippen molar-refractivity contribution in [1.82, 2.24) is 0 Å². The van der Waals surface area contributed by atoms with Gasteiger partial charge in [0.05, 0.1) is 0 Å². The van der Waals surface area contributed by atoms with Crippen LogP contribution in [0.4, 0.5) is 0 Å². The highest BCUT2D eigenvalue weighted by Crippen LogP contribution is 2.08. The zero-order chi connectivity index (χ0) is 9.40. The molecule has 0 fully saturated rings. The minimum atomic E-state index is 0.187. The SMILES string of the molecule is C#CCC(CO)CC=CC(C)C. The molecule has 1 unspecified atom stereocenters. The molecule has 0 heterocycles. The molecular formula is C11H18O. The molecule has 0 radical (unpaired) electrons. The van der Waals surface area contributed by atoms with Crippen molar-refractivity contribution >= 4 is 0 Å². The normalized spacial score (nSPS) is 13.6. The van der Waals surface area contributed by atoms with E-state index in [-0.39, 0.29) is 12.5 Å². The monoisotopic (exact) mass is 166 g/mol. The van der Waals surface area contributed by atoms with Crippen molar-refractivity contribution in [3.05, 3.63) is 12.2 Å². The Balaban J connectivity index is 3.65. The number of hydrogen-bond donors (Lipinski definition) is 1. The predicted molar refractivity (Wildman–Crippen MR) is 52.6 cm³/mol. The van der Waals surface area contributed by atoms with Crippen molar-refractivity contribution in [3.63, 3.8) is 0 Å². The fourth-order valence-corrected chi connectivity index (χ4v) is 0.932. The van der Waals surface area contributed by atoms with E-state index in [1.165, 1.54) is 0 Å². The fourth-order valence-electron chi connectivity index (χ4n) is 0.932. The molecule has 68 valence electrons. The molecule has 0 aliphatic carbocycles. The minimum Gasteiger partial charge on any atom is -0.396 e. The molecule has 0 rings (SSSR count). The van der Waals surface area contributed by atoms with Crippen molar-refractivity contribution in [2.75, 3.05) is 6.61 Å². The van der Waals surface area contributed by atoms with Crippen molar-refractivity contribution in [3.8, 4) is 12.3 Å². The van der Waals surface area contributed by atoms with Crippen LogP contribution in [-0.4, -0.2) is 11.7 Å². The Morgan fingerprint density at radius 1 is 1.50 bits per heavy atom. The van der Waals surface area contributed by atoms with Crippen LogP contribution in [0.3, 0.4) is 0 Å². The molecule has 0 aromatic rings. The van der Waals surface area contributed by atoms with Gasteiger partial charge in [-0.15, -0.1) is 12.3 Å². The smallest absolute Gasteiger partial charge is 0.0471 e. The van der Waals surface area contributed by atoms with Crippen LogP contribution in [0.2, 0.25) is 0 Å². The predicted octanol–water partition coefficient (Wildman–Crippen LogP) is 2.22. The molecule has 0 spiro atoms. The lowest BCUT2D eigenvalue weighted by Crippen LogP contribution is -2.03. The average Bonchev–Trinajstić information content (AvgIpc) is 2.02. The molecular weight excluding hydrogens is 148 g/mol. The van der Waals surface area contributed by atoms with Crippen molar-refractivity contribution in [2.45, 2.75) is 26.7 Å². The van der Waals surface area contributed by atoms with Crippen LogP contribution in [0.15, 0.2) is 12.2 Å². The second kappa shape index (κ2) is 6.94. The first-order valence-electron chi connectivity index (χ1n) is 4.41. The van der Waals surface area contributed by atoms with Gasteiger partial charge in [0.2, 0.25) is 0 Å². The van der Waals surface area contributed by atoms with Crippen LogP contribution in [0.25, 0.3) is 0 Å². The van der Waals surface area contributed by atoms with Gasteiger partial charge in [-0.3, -0.25) is 0 Å². The van der Waals surface area contributed by atoms with E-state index in [9.17, 15) is 0 Å². The molecule has 0 amide bonds. The van der Waals surface area contributed by atoms with Crippen molar-refractivity contribution < 1.29 is 5.11 Å². The van der Waals surface area contributed by atoms with Crippen LogP contribution < -0.4 is 0 Å². The van der Waals surface area contributed by atoms with Crippen molar-refractivity contribution in [1.29, 1.82) is 0 Å². The Morgan fingerprint density at radius 2 is 2.17 bits per heavy atom. The maximum atomic E-state index is 8.89. The van der Waals surface area contributed by atoms with Gasteiger partial charge in [0, 0.05) is 13.0 Å². The van der Waals surface area contributed by atoms with Gasteiger partial charge in [0.1, 0.15) is 0 Å². The number of allylic oxidation sites excluding steroid dienone is 2. The van der Waals surface area contributed by atoms with E-state index < -0.39 is 0 Å². The quantitative estimate of drug-likeness (QED) is 0.490. The van der Waals surface area contributed by atoms with E-state index in [1.807, 2.05) is 0 Å². The molecule has 0 bridgehead atoms. The lowest BCUT2D eigenvalue weighted by Gasteiger charge is -2.06. The standard InChI is InChI=1S/C11H18O/c1-4-6-11(9-12)8-5-7-10(2)3/h1,5,7,10-12H,6,8-9H2,2-3H3. The maximum Gasteiger partial charge on any atom is 0.0471 e. The van der Waals surface area contributed by atoms with Gasteiger partial charge < -0.3 is 5.11 Å². The summed E-state index contributed by atoms with van der Waals surface area (Å²) >= 11 is 0. The van der Waals surface area contributed by atoms with Gasteiger partial charge in [-0.1, -0.05) is 26.0 Å². The lowest BCUT2D eigenvalue weighted by atomic mass is 10.0. The number of hydrogen-bond acceptors (Lipinski definition) is 1. The Labute approximate surface area is 75.5 Å². The highest BCUT2D eigenvalue weighted by atomic mass is 16.3. The van der Waals surface area contributed by atoms with E-state index in [1.54, 1.807) is 0 Å².